The molecular weight excluding hydrogens is 372 g/mol. The smallest absolute Gasteiger partial charge is 0.169 e. The third kappa shape index (κ3) is 3.34. The molecule has 4 rings (SSSR count). The van der Waals surface area contributed by atoms with Crippen LogP contribution in [0.15, 0.2) is 46.6 Å². The fourth-order valence-electron chi connectivity index (χ4n) is 2.83. The molecule has 1 aliphatic heterocycles. The zero-order chi connectivity index (χ0) is 15.6. The van der Waals surface area contributed by atoms with E-state index in [1.165, 1.54) is 16.8 Å². The minimum absolute atomic E-state index is 0.850. The van der Waals surface area contributed by atoms with Gasteiger partial charge in [-0.2, -0.15) is 0 Å². The summed E-state index contributed by atoms with van der Waals surface area (Å²) in [4.78, 5) is 17.1. The van der Waals surface area contributed by atoms with Crippen LogP contribution in [0.3, 0.4) is 0 Å². The van der Waals surface area contributed by atoms with E-state index in [1.807, 2.05) is 24.7 Å². The highest BCUT2D eigenvalue weighted by atomic mass is 79.9. The maximum Gasteiger partial charge on any atom is 0.169 e. The highest BCUT2D eigenvalue weighted by Gasteiger charge is 2.19. The van der Waals surface area contributed by atoms with E-state index in [0.717, 1.165) is 41.2 Å². The molecule has 23 heavy (non-hydrogen) atoms. The molecule has 0 aliphatic carbocycles. The molecule has 6 heteroatoms. The topological polar surface area (TPSA) is 41.9 Å². The number of fused-ring (bicyclic) bond motifs is 1. The Morgan fingerprint density at radius 2 is 2.22 bits per heavy atom. The molecule has 0 bridgehead atoms. The summed E-state index contributed by atoms with van der Waals surface area (Å²) in [5.41, 5.74) is 3.64. The second-order valence-corrected chi connectivity index (χ2v) is 7.48. The Morgan fingerprint density at radius 1 is 1.26 bits per heavy atom. The van der Waals surface area contributed by atoms with Crippen LogP contribution in [0.5, 0.6) is 0 Å². The first-order valence-electron chi connectivity index (χ1n) is 7.48. The van der Waals surface area contributed by atoms with Gasteiger partial charge in [-0.15, -0.1) is 11.3 Å². The molecule has 0 spiro atoms. The average molecular weight is 387 g/mol. The molecule has 4 nitrogen and oxygen atoms in total. The minimum atomic E-state index is 0.850. The summed E-state index contributed by atoms with van der Waals surface area (Å²) in [6, 6.07) is 6.23. The molecule has 0 saturated heterocycles. The van der Waals surface area contributed by atoms with Crippen molar-refractivity contribution in [2.24, 2.45) is 0 Å². The zero-order valence-electron chi connectivity index (χ0n) is 12.4. The summed E-state index contributed by atoms with van der Waals surface area (Å²) in [5, 5.41) is 2.06. The quantitative estimate of drug-likeness (QED) is 0.683. The van der Waals surface area contributed by atoms with Gasteiger partial charge in [-0.3, -0.25) is 9.88 Å². The number of hydrogen-bond acceptors (Lipinski definition) is 5. The number of aromatic nitrogens is 3. The molecule has 116 valence electrons. The van der Waals surface area contributed by atoms with Crippen LogP contribution in [0.4, 0.5) is 0 Å². The van der Waals surface area contributed by atoms with Gasteiger partial charge in [-0.1, -0.05) is 6.07 Å². The maximum atomic E-state index is 4.76. The van der Waals surface area contributed by atoms with Crippen LogP contribution in [-0.2, 0) is 19.5 Å². The first-order valence-corrected chi connectivity index (χ1v) is 9.15. The van der Waals surface area contributed by atoms with Crippen LogP contribution in [-0.4, -0.2) is 26.4 Å². The Morgan fingerprint density at radius 3 is 3.04 bits per heavy atom. The predicted octanol–water partition coefficient (Wildman–Crippen LogP) is 3.92. The summed E-state index contributed by atoms with van der Waals surface area (Å²) in [6.45, 7) is 2.81. The summed E-state index contributed by atoms with van der Waals surface area (Å²) in [5.74, 6) is 0.850. The van der Waals surface area contributed by atoms with Crippen LogP contribution in [0.2, 0.25) is 0 Å². The van der Waals surface area contributed by atoms with Crippen molar-refractivity contribution in [1.82, 2.24) is 19.9 Å². The van der Waals surface area contributed by atoms with Gasteiger partial charge in [0.05, 0.1) is 10.6 Å². The lowest BCUT2D eigenvalue weighted by molar-refractivity contribution is 0.242. The molecule has 0 saturated carbocycles. The molecule has 0 unspecified atom stereocenters. The van der Waals surface area contributed by atoms with Gasteiger partial charge in [0.25, 0.3) is 0 Å². The molecule has 0 aromatic carbocycles. The first-order chi connectivity index (χ1) is 11.3. The van der Waals surface area contributed by atoms with Crippen LogP contribution in [0.25, 0.3) is 10.7 Å². The second kappa shape index (κ2) is 6.47. The van der Waals surface area contributed by atoms with E-state index >= 15 is 0 Å². The number of pyridine rings is 1. The highest BCUT2D eigenvalue weighted by Crippen LogP contribution is 2.24. The third-order valence-electron chi connectivity index (χ3n) is 3.92. The van der Waals surface area contributed by atoms with E-state index in [-0.39, 0.29) is 0 Å². The lowest BCUT2D eigenvalue weighted by Gasteiger charge is -2.28. The Kier molecular flexibility index (Phi) is 4.20. The number of nitrogens with zero attached hydrogens (tertiary/aromatic N) is 4. The van der Waals surface area contributed by atoms with Gasteiger partial charge in [0, 0.05) is 54.7 Å². The minimum Gasteiger partial charge on any atom is -0.294 e. The highest BCUT2D eigenvalue weighted by molar-refractivity contribution is 9.10. The molecule has 3 aromatic heterocycles. The Hall–Kier alpha value is -1.63. The van der Waals surface area contributed by atoms with Crippen molar-refractivity contribution in [3.05, 3.63) is 63.5 Å². The first kappa shape index (κ1) is 14.9. The summed E-state index contributed by atoms with van der Waals surface area (Å²) in [7, 11) is 0. The summed E-state index contributed by atoms with van der Waals surface area (Å²) in [6.07, 6.45) is 6.70. The second-order valence-electron chi connectivity index (χ2n) is 5.61. The van der Waals surface area contributed by atoms with Gasteiger partial charge in [-0.05, 0) is 39.0 Å². The Bertz CT molecular complexity index is 819. The predicted molar refractivity (Wildman–Crippen MR) is 95.1 cm³/mol. The van der Waals surface area contributed by atoms with Crippen LogP contribution in [0, 0.1) is 0 Å². The molecule has 0 N–H and O–H groups in total. The van der Waals surface area contributed by atoms with Crippen molar-refractivity contribution < 1.29 is 0 Å². The van der Waals surface area contributed by atoms with E-state index in [0.29, 0.717) is 0 Å². The Balaban J connectivity index is 1.51. The van der Waals surface area contributed by atoms with Crippen LogP contribution < -0.4 is 0 Å². The van der Waals surface area contributed by atoms with E-state index in [2.05, 4.69) is 48.3 Å². The van der Waals surface area contributed by atoms with Crippen molar-refractivity contribution in [1.29, 1.82) is 0 Å². The van der Waals surface area contributed by atoms with Gasteiger partial charge in [0.1, 0.15) is 0 Å². The Labute approximate surface area is 147 Å². The number of rotatable bonds is 3. The van der Waals surface area contributed by atoms with Crippen LogP contribution >= 0.6 is 27.3 Å². The van der Waals surface area contributed by atoms with E-state index in [1.54, 1.807) is 11.3 Å². The van der Waals surface area contributed by atoms with Gasteiger partial charge in [0.2, 0.25) is 0 Å². The number of thiophene rings is 1. The van der Waals surface area contributed by atoms with Gasteiger partial charge < -0.3 is 0 Å². The third-order valence-corrected chi connectivity index (χ3v) is 5.22. The summed E-state index contributed by atoms with van der Waals surface area (Å²) >= 11 is 5.16. The summed E-state index contributed by atoms with van der Waals surface area (Å²) < 4.78 is 1.02. The van der Waals surface area contributed by atoms with Crippen molar-refractivity contribution in [3.8, 4) is 10.7 Å². The fourth-order valence-corrected chi connectivity index (χ4v) is 3.91. The molecule has 0 atom stereocenters. The van der Waals surface area contributed by atoms with Crippen molar-refractivity contribution in [2.45, 2.75) is 19.5 Å². The van der Waals surface area contributed by atoms with Crippen molar-refractivity contribution in [3.63, 3.8) is 0 Å². The molecule has 0 fully saturated rings. The average Bonchev–Trinajstić information content (AvgIpc) is 3.09. The van der Waals surface area contributed by atoms with Gasteiger partial charge >= 0.3 is 0 Å². The van der Waals surface area contributed by atoms with Crippen LogP contribution in [0.1, 0.15) is 16.8 Å². The molecular formula is C17H15BrN4S. The molecule has 0 amide bonds. The standard InChI is InChI=1S/C17H15BrN4S/c18-14-6-12(7-19-9-14)10-22-4-3-15-13(11-22)8-20-17(21-15)16-2-1-5-23-16/h1-2,5-9H,3-4,10-11H2. The lowest BCUT2D eigenvalue weighted by Crippen LogP contribution is -2.31. The van der Waals surface area contributed by atoms with Crippen molar-refractivity contribution >= 4 is 27.3 Å². The monoisotopic (exact) mass is 386 g/mol. The van der Waals surface area contributed by atoms with Gasteiger partial charge in [-0.25, -0.2) is 9.97 Å². The fraction of sp³-hybridized carbons (Fsp3) is 0.235. The zero-order valence-corrected chi connectivity index (χ0v) is 14.8. The molecule has 3 aromatic rings. The van der Waals surface area contributed by atoms with E-state index in [9.17, 15) is 0 Å². The number of halogens is 1. The molecule has 0 radical (unpaired) electrons. The van der Waals surface area contributed by atoms with Gasteiger partial charge in [0.15, 0.2) is 5.82 Å². The van der Waals surface area contributed by atoms with E-state index in [4.69, 9.17) is 4.98 Å². The number of hydrogen-bond donors (Lipinski definition) is 0. The lowest BCUT2D eigenvalue weighted by atomic mass is 10.1. The van der Waals surface area contributed by atoms with E-state index < -0.39 is 0 Å². The maximum absolute atomic E-state index is 4.76. The normalized spacial score (nSPS) is 14.7. The molecule has 4 heterocycles. The largest absolute Gasteiger partial charge is 0.294 e. The SMILES string of the molecule is Brc1cncc(CN2CCc3nc(-c4cccs4)ncc3C2)c1. The van der Waals surface area contributed by atoms with Crippen molar-refractivity contribution in [2.75, 3.05) is 6.54 Å². The molecule has 1 aliphatic rings.